The summed E-state index contributed by atoms with van der Waals surface area (Å²) in [7, 11) is 0. The van der Waals surface area contributed by atoms with Gasteiger partial charge in [-0.1, -0.05) is 18.2 Å². The van der Waals surface area contributed by atoms with Crippen LogP contribution in [0.2, 0.25) is 0 Å². The van der Waals surface area contributed by atoms with Crippen molar-refractivity contribution in [3.8, 4) is 0 Å². The quantitative estimate of drug-likeness (QED) is 0.852. The molecule has 3 heteroatoms. The first-order chi connectivity index (χ1) is 8.34. The van der Waals surface area contributed by atoms with Gasteiger partial charge in [0.1, 0.15) is 5.58 Å². The van der Waals surface area contributed by atoms with E-state index in [1.165, 1.54) is 12.8 Å². The minimum atomic E-state index is 0.0641. The van der Waals surface area contributed by atoms with Gasteiger partial charge in [0.15, 0.2) is 0 Å². The van der Waals surface area contributed by atoms with Crippen LogP contribution in [0.5, 0.6) is 0 Å². The maximum Gasteiger partial charge on any atom is 0.134 e. The predicted molar refractivity (Wildman–Crippen MR) is 68.8 cm³/mol. The fourth-order valence-electron chi connectivity index (χ4n) is 2.68. The number of benzene rings is 1. The van der Waals surface area contributed by atoms with Gasteiger partial charge in [0.25, 0.3) is 0 Å². The van der Waals surface area contributed by atoms with Crippen molar-refractivity contribution >= 4 is 11.0 Å². The molecule has 1 fully saturated rings. The molecule has 3 nitrogen and oxygen atoms in total. The first kappa shape index (κ1) is 10.8. The van der Waals surface area contributed by atoms with E-state index in [0.717, 1.165) is 29.5 Å². The third-order valence-electron chi connectivity index (χ3n) is 3.61. The van der Waals surface area contributed by atoms with Crippen LogP contribution in [-0.2, 0) is 0 Å². The van der Waals surface area contributed by atoms with E-state index in [-0.39, 0.29) is 6.04 Å². The van der Waals surface area contributed by atoms with Crippen molar-refractivity contribution in [3.05, 3.63) is 36.1 Å². The molecule has 90 valence electrons. The van der Waals surface area contributed by atoms with E-state index in [0.29, 0.717) is 6.04 Å². The minimum Gasteiger partial charge on any atom is -0.464 e. The molecule has 2 unspecified atom stereocenters. The van der Waals surface area contributed by atoms with Crippen molar-refractivity contribution in [3.63, 3.8) is 0 Å². The van der Waals surface area contributed by atoms with Gasteiger partial charge < -0.3 is 15.5 Å². The molecule has 0 saturated carbocycles. The molecule has 1 aliphatic heterocycles. The maximum atomic E-state index is 6.29. The lowest BCUT2D eigenvalue weighted by atomic mass is 9.99. The van der Waals surface area contributed by atoms with Crippen LogP contribution in [0.25, 0.3) is 11.0 Å². The van der Waals surface area contributed by atoms with Gasteiger partial charge in [0, 0.05) is 23.0 Å². The topological polar surface area (TPSA) is 51.2 Å². The average Bonchev–Trinajstić information content (AvgIpc) is 2.96. The van der Waals surface area contributed by atoms with Gasteiger partial charge in [-0.05, 0) is 31.9 Å². The zero-order chi connectivity index (χ0) is 11.7. The first-order valence-corrected chi connectivity index (χ1v) is 6.29. The molecule has 0 bridgehead atoms. The maximum absolute atomic E-state index is 6.29. The second-order valence-electron chi connectivity index (χ2n) is 4.82. The Hall–Kier alpha value is -1.32. The fraction of sp³-hybridized carbons (Fsp3) is 0.429. The third kappa shape index (κ3) is 2.08. The summed E-state index contributed by atoms with van der Waals surface area (Å²) in [6, 6.07) is 8.71. The van der Waals surface area contributed by atoms with Crippen LogP contribution in [-0.4, -0.2) is 12.6 Å². The first-order valence-electron chi connectivity index (χ1n) is 6.29. The highest BCUT2D eigenvalue weighted by molar-refractivity contribution is 5.81. The number of nitrogens with one attached hydrogen (secondary N) is 1. The smallest absolute Gasteiger partial charge is 0.134 e. The SMILES string of the molecule is NC(CC1CCCN1)c1coc2ccccc12. The number of nitrogens with two attached hydrogens (primary N) is 1. The van der Waals surface area contributed by atoms with Crippen LogP contribution in [0.4, 0.5) is 0 Å². The Morgan fingerprint density at radius 1 is 1.41 bits per heavy atom. The molecule has 2 heterocycles. The Kier molecular flexibility index (Phi) is 2.87. The van der Waals surface area contributed by atoms with Crippen molar-refractivity contribution in [2.45, 2.75) is 31.3 Å². The number of para-hydroxylation sites is 1. The second-order valence-corrected chi connectivity index (χ2v) is 4.82. The molecule has 1 aromatic heterocycles. The molecule has 17 heavy (non-hydrogen) atoms. The molecule has 3 N–H and O–H groups in total. The van der Waals surface area contributed by atoms with Gasteiger partial charge in [-0.2, -0.15) is 0 Å². The van der Waals surface area contributed by atoms with Gasteiger partial charge in [-0.15, -0.1) is 0 Å². The zero-order valence-electron chi connectivity index (χ0n) is 9.86. The molecule has 2 aromatic rings. The van der Waals surface area contributed by atoms with Crippen LogP contribution in [0.1, 0.15) is 30.9 Å². The van der Waals surface area contributed by atoms with Crippen LogP contribution in [0, 0.1) is 0 Å². The molecular weight excluding hydrogens is 212 g/mol. The van der Waals surface area contributed by atoms with E-state index in [4.69, 9.17) is 10.2 Å². The average molecular weight is 230 g/mol. The Bertz CT molecular complexity index is 500. The largest absolute Gasteiger partial charge is 0.464 e. The highest BCUT2D eigenvalue weighted by atomic mass is 16.3. The minimum absolute atomic E-state index is 0.0641. The van der Waals surface area contributed by atoms with Gasteiger partial charge in [-0.25, -0.2) is 0 Å². The van der Waals surface area contributed by atoms with Crippen LogP contribution in [0.15, 0.2) is 34.9 Å². The summed E-state index contributed by atoms with van der Waals surface area (Å²) in [6.07, 6.45) is 5.31. The molecule has 0 spiro atoms. The predicted octanol–water partition coefficient (Wildman–Crippen LogP) is 2.57. The molecule has 0 amide bonds. The van der Waals surface area contributed by atoms with E-state index in [9.17, 15) is 0 Å². The summed E-state index contributed by atoms with van der Waals surface area (Å²) >= 11 is 0. The van der Waals surface area contributed by atoms with E-state index >= 15 is 0 Å². The molecule has 0 radical (unpaired) electrons. The Labute approximate surface area is 101 Å². The van der Waals surface area contributed by atoms with Gasteiger partial charge in [0.2, 0.25) is 0 Å². The Morgan fingerprint density at radius 3 is 3.12 bits per heavy atom. The van der Waals surface area contributed by atoms with E-state index < -0.39 is 0 Å². The van der Waals surface area contributed by atoms with E-state index in [1.807, 2.05) is 24.5 Å². The lowest BCUT2D eigenvalue weighted by Gasteiger charge is -2.15. The summed E-state index contributed by atoms with van der Waals surface area (Å²) in [5.74, 6) is 0. The number of hydrogen-bond acceptors (Lipinski definition) is 3. The molecule has 2 atom stereocenters. The lowest BCUT2D eigenvalue weighted by molar-refractivity contribution is 0.495. The normalized spacial score (nSPS) is 22.1. The fourth-order valence-corrected chi connectivity index (χ4v) is 2.68. The van der Waals surface area contributed by atoms with Crippen molar-refractivity contribution < 1.29 is 4.42 Å². The van der Waals surface area contributed by atoms with Gasteiger partial charge in [0.05, 0.1) is 6.26 Å². The zero-order valence-corrected chi connectivity index (χ0v) is 9.86. The number of fused-ring (bicyclic) bond motifs is 1. The number of rotatable bonds is 3. The molecular formula is C14H18N2O. The van der Waals surface area contributed by atoms with Crippen molar-refractivity contribution in [2.75, 3.05) is 6.54 Å². The Balaban J connectivity index is 1.82. The summed E-state index contributed by atoms with van der Waals surface area (Å²) < 4.78 is 5.53. The van der Waals surface area contributed by atoms with Crippen molar-refractivity contribution in [2.24, 2.45) is 5.73 Å². The summed E-state index contributed by atoms with van der Waals surface area (Å²) in [4.78, 5) is 0. The van der Waals surface area contributed by atoms with Crippen LogP contribution in [0.3, 0.4) is 0 Å². The second kappa shape index (κ2) is 4.51. The van der Waals surface area contributed by atoms with Gasteiger partial charge in [-0.3, -0.25) is 0 Å². The highest BCUT2D eigenvalue weighted by Crippen LogP contribution is 2.28. The van der Waals surface area contributed by atoms with Crippen LogP contribution < -0.4 is 11.1 Å². The molecule has 1 aromatic carbocycles. The number of furan rings is 1. The van der Waals surface area contributed by atoms with Crippen molar-refractivity contribution in [1.82, 2.24) is 5.32 Å². The molecule has 0 aliphatic carbocycles. The molecule has 3 rings (SSSR count). The van der Waals surface area contributed by atoms with Crippen LogP contribution >= 0.6 is 0 Å². The molecule has 1 saturated heterocycles. The Morgan fingerprint density at radius 2 is 2.29 bits per heavy atom. The summed E-state index contributed by atoms with van der Waals surface area (Å²) in [5.41, 5.74) is 8.35. The number of hydrogen-bond donors (Lipinski definition) is 2. The van der Waals surface area contributed by atoms with Crippen molar-refractivity contribution in [1.29, 1.82) is 0 Å². The molecule has 1 aliphatic rings. The lowest BCUT2D eigenvalue weighted by Crippen LogP contribution is -2.26. The monoisotopic (exact) mass is 230 g/mol. The standard InChI is InChI=1S/C14H18N2O/c15-13(8-10-4-3-7-16-10)12-9-17-14-6-2-1-5-11(12)14/h1-2,5-6,9-10,13,16H,3-4,7-8,15H2. The summed E-state index contributed by atoms with van der Waals surface area (Å²) in [6.45, 7) is 1.13. The van der Waals surface area contributed by atoms with Gasteiger partial charge >= 0.3 is 0 Å². The van der Waals surface area contributed by atoms with E-state index in [2.05, 4.69) is 11.4 Å². The highest BCUT2D eigenvalue weighted by Gasteiger charge is 2.20. The third-order valence-corrected chi connectivity index (χ3v) is 3.61. The van der Waals surface area contributed by atoms with E-state index in [1.54, 1.807) is 0 Å². The summed E-state index contributed by atoms with van der Waals surface area (Å²) in [5, 5.41) is 4.64.